The molecule has 0 amide bonds. The zero-order valence-electron chi connectivity index (χ0n) is 7.90. The molecule has 1 heterocycles. The first kappa shape index (κ1) is 9.22. The van der Waals surface area contributed by atoms with Crippen LogP contribution in [0.2, 0.25) is 0 Å². The summed E-state index contributed by atoms with van der Waals surface area (Å²) in [6.45, 7) is 0. The van der Waals surface area contributed by atoms with E-state index in [2.05, 4.69) is 11.1 Å². The zero-order chi connectivity index (χ0) is 10.7. The lowest BCUT2D eigenvalue weighted by atomic mass is 10.0. The molecule has 0 saturated carbocycles. The van der Waals surface area contributed by atoms with Crippen molar-refractivity contribution >= 4 is 0 Å². The topological polar surface area (TPSA) is 56.6 Å². The first-order valence-electron chi connectivity index (χ1n) is 4.49. The Hall–Kier alpha value is -2.34. The van der Waals surface area contributed by atoms with Gasteiger partial charge in [-0.1, -0.05) is 18.2 Å². The molecule has 1 aromatic heterocycles. The Morgan fingerprint density at radius 2 is 1.93 bits per heavy atom. The highest BCUT2D eigenvalue weighted by molar-refractivity contribution is 5.69. The van der Waals surface area contributed by atoms with Crippen LogP contribution in [-0.4, -0.2) is 4.98 Å². The fraction of sp³-hybridized carbons (Fsp3) is 0. The Balaban J connectivity index is 2.60. The molecule has 0 aliphatic heterocycles. The standard InChI is InChI=1S/C12H8N2O/c13-7-9-3-1-2-4-11(9)10-5-6-12(15)14-8-10/h1-6,8H,(H,14,15). The lowest BCUT2D eigenvalue weighted by Crippen LogP contribution is -2.01. The van der Waals surface area contributed by atoms with Crippen LogP contribution in [0.4, 0.5) is 0 Å². The van der Waals surface area contributed by atoms with Crippen LogP contribution in [-0.2, 0) is 0 Å². The Morgan fingerprint density at radius 1 is 1.13 bits per heavy atom. The van der Waals surface area contributed by atoms with E-state index >= 15 is 0 Å². The second kappa shape index (κ2) is 3.81. The van der Waals surface area contributed by atoms with Gasteiger partial charge in [-0.05, 0) is 17.7 Å². The second-order valence-electron chi connectivity index (χ2n) is 3.10. The number of aromatic amines is 1. The van der Waals surface area contributed by atoms with Crippen LogP contribution >= 0.6 is 0 Å². The van der Waals surface area contributed by atoms with E-state index in [1.807, 2.05) is 18.2 Å². The highest BCUT2D eigenvalue weighted by atomic mass is 16.1. The number of hydrogen-bond donors (Lipinski definition) is 1. The van der Waals surface area contributed by atoms with Crippen molar-refractivity contribution in [3.8, 4) is 17.2 Å². The van der Waals surface area contributed by atoms with Gasteiger partial charge in [0.1, 0.15) is 0 Å². The summed E-state index contributed by atoms with van der Waals surface area (Å²) in [7, 11) is 0. The number of H-pyrrole nitrogens is 1. The molecule has 0 spiro atoms. The first-order chi connectivity index (χ1) is 7.31. The molecule has 3 heteroatoms. The number of benzene rings is 1. The molecule has 1 N–H and O–H groups in total. The van der Waals surface area contributed by atoms with Crippen LogP contribution in [0.5, 0.6) is 0 Å². The summed E-state index contributed by atoms with van der Waals surface area (Å²) in [5.41, 5.74) is 2.13. The van der Waals surface area contributed by atoms with Crippen molar-refractivity contribution in [2.45, 2.75) is 0 Å². The third-order valence-electron chi connectivity index (χ3n) is 2.14. The SMILES string of the molecule is N#Cc1ccccc1-c1ccc(=O)[nH]c1. The van der Waals surface area contributed by atoms with Crippen LogP contribution in [0.3, 0.4) is 0 Å². The predicted octanol–water partition coefficient (Wildman–Crippen LogP) is 1.91. The summed E-state index contributed by atoms with van der Waals surface area (Å²) in [6.07, 6.45) is 1.61. The van der Waals surface area contributed by atoms with Gasteiger partial charge in [0.25, 0.3) is 0 Å². The normalized spacial score (nSPS) is 9.53. The van der Waals surface area contributed by atoms with Crippen molar-refractivity contribution in [3.05, 3.63) is 58.5 Å². The van der Waals surface area contributed by atoms with Crippen molar-refractivity contribution < 1.29 is 0 Å². The van der Waals surface area contributed by atoms with E-state index in [-0.39, 0.29) is 5.56 Å². The monoisotopic (exact) mass is 196 g/mol. The van der Waals surface area contributed by atoms with Gasteiger partial charge < -0.3 is 4.98 Å². The average molecular weight is 196 g/mol. The molecule has 0 aliphatic rings. The van der Waals surface area contributed by atoms with E-state index in [4.69, 9.17) is 5.26 Å². The highest BCUT2D eigenvalue weighted by Crippen LogP contribution is 2.20. The molecule has 2 aromatic rings. The quantitative estimate of drug-likeness (QED) is 0.757. The Bertz CT molecular complexity index is 558. The molecule has 1 aromatic carbocycles. The molecule has 15 heavy (non-hydrogen) atoms. The molecule has 3 nitrogen and oxygen atoms in total. The maximum Gasteiger partial charge on any atom is 0.247 e. The number of nitrogens with zero attached hydrogens (tertiary/aromatic N) is 1. The molecule has 0 unspecified atom stereocenters. The third kappa shape index (κ3) is 1.79. The number of pyridine rings is 1. The van der Waals surface area contributed by atoms with Gasteiger partial charge in [0, 0.05) is 17.8 Å². The van der Waals surface area contributed by atoms with Gasteiger partial charge in [-0.2, -0.15) is 5.26 Å². The van der Waals surface area contributed by atoms with Gasteiger partial charge in [0.15, 0.2) is 0 Å². The Morgan fingerprint density at radius 3 is 2.60 bits per heavy atom. The summed E-state index contributed by atoms with van der Waals surface area (Å²) in [4.78, 5) is 13.5. The van der Waals surface area contributed by atoms with Crippen LogP contribution in [0.15, 0.2) is 47.4 Å². The van der Waals surface area contributed by atoms with Crippen molar-refractivity contribution in [1.82, 2.24) is 4.98 Å². The third-order valence-corrected chi connectivity index (χ3v) is 2.14. The van der Waals surface area contributed by atoms with Crippen LogP contribution in [0.1, 0.15) is 5.56 Å². The van der Waals surface area contributed by atoms with E-state index in [1.165, 1.54) is 6.07 Å². The predicted molar refractivity (Wildman–Crippen MR) is 57.2 cm³/mol. The maximum absolute atomic E-state index is 10.9. The average Bonchev–Trinajstić information content (AvgIpc) is 2.30. The Labute approximate surface area is 86.6 Å². The zero-order valence-corrected chi connectivity index (χ0v) is 7.90. The molecule has 2 rings (SSSR count). The molecule has 0 radical (unpaired) electrons. The highest BCUT2D eigenvalue weighted by Gasteiger charge is 2.02. The van der Waals surface area contributed by atoms with E-state index in [9.17, 15) is 4.79 Å². The lowest BCUT2D eigenvalue weighted by molar-refractivity contribution is 1.24. The van der Waals surface area contributed by atoms with Crippen molar-refractivity contribution in [1.29, 1.82) is 5.26 Å². The van der Waals surface area contributed by atoms with Crippen LogP contribution in [0, 0.1) is 11.3 Å². The lowest BCUT2D eigenvalue weighted by Gasteiger charge is -2.02. The number of aromatic nitrogens is 1. The van der Waals surface area contributed by atoms with Crippen LogP contribution in [0.25, 0.3) is 11.1 Å². The largest absolute Gasteiger partial charge is 0.328 e. The molecular weight excluding hydrogens is 188 g/mol. The van der Waals surface area contributed by atoms with Gasteiger partial charge in [-0.15, -0.1) is 0 Å². The number of nitrogens with one attached hydrogen (secondary N) is 1. The van der Waals surface area contributed by atoms with E-state index in [0.29, 0.717) is 5.56 Å². The summed E-state index contributed by atoms with van der Waals surface area (Å²) in [5, 5.41) is 8.91. The first-order valence-corrected chi connectivity index (χ1v) is 4.49. The van der Waals surface area contributed by atoms with E-state index in [0.717, 1.165) is 11.1 Å². The number of nitriles is 1. The molecule has 72 valence electrons. The summed E-state index contributed by atoms with van der Waals surface area (Å²) >= 11 is 0. The minimum Gasteiger partial charge on any atom is -0.328 e. The van der Waals surface area contributed by atoms with Crippen molar-refractivity contribution in [2.24, 2.45) is 0 Å². The summed E-state index contributed by atoms with van der Waals surface area (Å²) < 4.78 is 0. The minimum atomic E-state index is -0.145. The van der Waals surface area contributed by atoms with Gasteiger partial charge in [-0.3, -0.25) is 4.79 Å². The molecule has 0 saturated heterocycles. The fourth-order valence-corrected chi connectivity index (χ4v) is 1.41. The fourth-order valence-electron chi connectivity index (χ4n) is 1.41. The Kier molecular flexibility index (Phi) is 2.34. The number of rotatable bonds is 1. The minimum absolute atomic E-state index is 0.145. The second-order valence-corrected chi connectivity index (χ2v) is 3.10. The summed E-state index contributed by atoms with van der Waals surface area (Å²) in [5.74, 6) is 0. The van der Waals surface area contributed by atoms with Crippen LogP contribution < -0.4 is 5.56 Å². The molecular formula is C12H8N2O. The van der Waals surface area contributed by atoms with Gasteiger partial charge in [-0.25, -0.2) is 0 Å². The van der Waals surface area contributed by atoms with Crippen molar-refractivity contribution in [3.63, 3.8) is 0 Å². The molecule has 0 bridgehead atoms. The van der Waals surface area contributed by atoms with Gasteiger partial charge in [0.05, 0.1) is 11.6 Å². The maximum atomic E-state index is 10.9. The van der Waals surface area contributed by atoms with Crippen molar-refractivity contribution in [2.75, 3.05) is 0 Å². The smallest absolute Gasteiger partial charge is 0.247 e. The van der Waals surface area contributed by atoms with E-state index < -0.39 is 0 Å². The van der Waals surface area contributed by atoms with Gasteiger partial charge >= 0.3 is 0 Å². The molecule has 0 atom stereocenters. The number of hydrogen-bond acceptors (Lipinski definition) is 2. The molecule has 0 fully saturated rings. The summed E-state index contributed by atoms with van der Waals surface area (Å²) in [6, 6.07) is 12.5. The van der Waals surface area contributed by atoms with Gasteiger partial charge in [0.2, 0.25) is 5.56 Å². The van der Waals surface area contributed by atoms with E-state index in [1.54, 1.807) is 18.3 Å². The molecule has 0 aliphatic carbocycles.